The molecule has 0 atom stereocenters. The first-order valence-corrected chi connectivity index (χ1v) is 9.66. The van der Waals surface area contributed by atoms with E-state index in [1.165, 1.54) is 12.1 Å². The number of nitrogens with zero attached hydrogens (tertiary/aromatic N) is 2. The first kappa shape index (κ1) is 19.2. The van der Waals surface area contributed by atoms with Gasteiger partial charge < -0.3 is 9.64 Å². The number of methoxy groups -OCH3 is 1. The van der Waals surface area contributed by atoms with E-state index in [0.29, 0.717) is 6.42 Å². The van der Waals surface area contributed by atoms with E-state index < -0.39 is 0 Å². The summed E-state index contributed by atoms with van der Waals surface area (Å²) in [7, 11) is 1.73. The van der Waals surface area contributed by atoms with Gasteiger partial charge in [-0.3, -0.25) is 9.69 Å². The molecule has 0 N–H and O–H groups in total. The highest BCUT2D eigenvalue weighted by Crippen LogP contribution is 2.14. The van der Waals surface area contributed by atoms with E-state index in [2.05, 4.69) is 4.90 Å². The molecule has 0 spiro atoms. The van der Waals surface area contributed by atoms with Crippen LogP contribution in [0.15, 0.2) is 24.3 Å². The van der Waals surface area contributed by atoms with E-state index in [4.69, 9.17) is 4.74 Å². The van der Waals surface area contributed by atoms with Crippen molar-refractivity contribution < 1.29 is 13.9 Å². The van der Waals surface area contributed by atoms with E-state index in [1.54, 1.807) is 31.0 Å². The summed E-state index contributed by atoms with van der Waals surface area (Å²) in [6, 6.07) is 6.56. The van der Waals surface area contributed by atoms with Gasteiger partial charge in [-0.25, -0.2) is 4.39 Å². The molecule has 1 saturated heterocycles. The topological polar surface area (TPSA) is 32.8 Å². The smallest absolute Gasteiger partial charge is 0.223 e. The molecule has 1 amide bonds. The van der Waals surface area contributed by atoms with Crippen LogP contribution >= 0.6 is 11.8 Å². The first-order chi connectivity index (χ1) is 11.7. The Hall–Kier alpha value is -1.11. The summed E-state index contributed by atoms with van der Waals surface area (Å²) in [6.07, 6.45) is 1.63. The zero-order chi connectivity index (χ0) is 17.2. The minimum atomic E-state index is -0.208. The molecule has 1 aromatic rings. The number of carbonyl (C=O) groups excluding carboxylic acids is 1. The number of benzene rings is 1. The second-order valence-electron chi connectivity index (χ2n) is 6.00. The van der Waals surface area contributed by atoms with Crippen molar-refractivity contribution in [3.05, 3.63) is 35.6 Å². The van der Waals surface area contributed by atoms with Crippen molar-refractivity contribution in [3.63, 3.8) is 0 Å². The molecule has 1 aliphatic heterocycles. The Bertz CT molecular complexity index is 490. The van der Waals surface area contributed by atoms with Crippen LogP contribution in [0.25, 0.3) is 0 Å². The van der Waals surface area contributed by atoms with E-state index in [0.717, 1.165) is 62.8 Å². The molecule has 0 saturated carbocycles. The zero-order valence-corrected chi connectivity index (χ0v) is 15.2. The highest BCUT2D eigenvalue weighted by atomic mass is 32.2. The highest BCUT2D eigenvalue weighted by molar-refractivity contribution is 7.98. The Balaban J connectivity index is 1.57. The first-order valence-electron chi connectivity index (χ1n) is 8.50. The monoisotopic (exact) mass is 354 g/mol. The fourth-order valence-electron chi connectivity index (χ4n) is 2.74. The number of halogens is 1. The van der Waals surface area contributed by atoms with Crippen molar-refractivity contribution in [2.24, 2.45) is 0 Å². The molecule has 2 rings (SSSR count). The molecule has 24 heavy (non-hydrogen) atoms. The maximum Gasteiger partial charge on any atom is 0.223 e. The number of carbonyl (C=O) groups is 1. The van der Waals surface area contributed by atoms with E-state index in [-0.39, 0.29) is 11.7 Å². The van der Waals surface area contributed by atoms with Crippen molar-refractivity contribution in [2.45, 2.75) is 18.6 Å². The molecular formula is C18H27FN2O2S. The van der Waals surface area contributed by atoms with E-state index in [1.807, 2.05) is 4.90 Å². The third-order valence-corrected chi connectivity index (χ3v) is 5.22. The number of hydrogen-bond acceptors (Lipinski definition) is 4. The number of amides is 1. The van der Waals surface area contributed by atoms with Crippen LogP contribution in [-0.4, -0.2) is 67.9 Å². The second kappa shape index (κ2) is 10.7. The Morgan fingerprint density at radius 2 is 1.92 bits per heavy atom. The lowest BCUT2D eigenvalue weighted by Gasteiger charge is -2.34. The van der Waals surface area contributed by atoms with Crippen molar-refractivity contribution in [1.29, 1.82) is 0 Å². The van der Waals surface area contributed by atoms with Gasteiger partial charge in [0.2, 0.25) is 5.91 Å². The van der Waals surface area contributed by atoms with Crippen LogP contribution in [-0.2, 0) is 15.3 Å². The Labute approximate surface area is 148 Å². The third-order valence-electron chi connectivity index (χ3n) is 4.19. The Kier molecular flexibility index (Phi) is 8.56. The molecule has 6 heteroatoms. The summed E-state index contributed by atoms with van der Waals surface area (Å²) >= 11 is 1.72. The van der Waals surface area contributed by atoms with Gasteiger partial charge in [0.15, 0.2) is 0 Å². The van der Waals surface area contributed by atoms with Gasteiger partial charge in [-0.1, -0.05) is 12.1 Å². The summed E-state index contributed by atoms with van der Waals surface area (Å²) in [5.41, 5.74) is 1.10. The summed E-state index contributed by atoms with van der Waals surface area (Å²) in [5, 5.41) is 0. The van der Waals surface area contributed by atoms with Crippen molar-refractivity contribution >= 4 is 17.7 Å². The maximum atomic E-state index is 12.8. The van der Waals surface area contributed by atoms with Gasteiger partial charge >= 0.3 is 0 Å². The van der Waals surface area contributed by atoms with Gasteiger partial charge in [0.25, 0.3) is 0 Å². The minimum absolute atomic E-state index is 0.208. The van der Waals surface area contributed by atoms with Gasteiger partial charge in [0.1, 0.15) is 5.82 Å². The number of piperazine rings is 1. The van der Waals surface area contributed by atoms with E-state index in [9.17, 15) is 9.18 Å². The number of rotatable bonds is 9. The lowest BCUT2D eigenvalue weighted by Crippen LogP contribution is -2.49. The molecule has 1 aliphatic rings. The van der Waals surface area contributed by atoms with Crippen molar-refractivity contribution in [3.8, 4) is 0 Å². The normalized spacial score (nSPS) is 15.7. The largest absolute Gasteiger partial charge is 0.385 e. The van der Waals surface area contributed by atoms with Gasteiger partial charge in [-0.2, -0.15) is 11.8 Å². The SMILES string of the molecule is COCCCN1CCN(C(=O)CCSCc2ccc(F)cc2)CC1. The average Bonchev–Trinajstić information content (AvgIpc) is 2.61. The molecule has 0 aliphatic carbocycles. The van der Waals surface area contributed by atoms with Gasteiger partial charge in [-0.15, -0.1) is 0 Å². The predicted octanol–water partition coefficient (Wildman–Crippen LogP) is 2.63. The van der Waals surface area contributed by atoms with Crippen LogP contribution in [0.2, 0.25) is 0 Å². The molecule has 1 aromatic carbocycles. The lowest BCUT2D eigenvalue weighted by atomic mass is 10.2. The van der Waals surface area contributed by atoms with Crippen LogP contribution < -0.4 is 0 Å². The summed E-state index contributed by atoms with van der Waals surface area (Å²) < 4.78 is 17.9. The molecule has 0 aromatic heterocycles. The van der Waals surface area contributed by atoms with E-state index >= 15 is 0 Å². The van der Waals surface area contributed by atoms with Gasteiger partial charge in [0, 0.05) is 64.4 Å². The molecule has 1 heterocycles. The van der Waals surface area contributed by atoms with Crippen molar-refractivity contribution in [2.75, 3.05) is 52.2 Å². The van der Waals surface area contributed by atoms with Crippen LogP contribution in [0.3, 0.4) is 0 Å². The summed E-state index contributed by atoms with van der Waals surface area (Å²) in [5.74, 6) is 1.67. The average molecular weight is 354 g/mol. The molecule has 134 valence electrons. The molecular weight excluding hydrogens is 327 g/mol. The van der Waals surface area contributed by atoms with Crippen LogP contribution in [0.4, 0.5) is 4.39 Å². The number of thioether (sulfide) groups is 1. The fraction of sp³-hybridized carbons (Fsp3) is 0.611. The third kappa shape index (κ3) is 6.79. The zero-order valence-electron chi connectivity index (χ0n) is 14.4. The van der Waals surface area contributed by atoms with Crippen LogP contribution in [0.5, 0.6) is 0 Å². The lowest BCUT2D eigenvalue weighted by molar-refractivity contribution is -0.132. The summed E-state index contributed by atoms with van der Waals surface area (Å²) in [6.45, 7) is 5.41. The molecule has 0 radical (unpaired) electrons. The maximum absolute atomic E-state index is 12.8. The van der Waals surface area contributed by atoms with Gasteiger partial charge in [-0.05, 0) is 24.1 Å². The number of ether oxygens (including phenoxy) is 1. The number of hydrogen-bond donors (Lipinski definition) is 0. The Morgan fingerprint density at radius 1 is 1.21 bits per heavy atom. The van der Waals surface area contributed by atoms with Crippen LogP contribution in [0.1, 0.15) is 18.4 Å². The Morgan fingerprint density at radius 3 is 2.58 bits per heavy atom. The minimum Gasteiger partial charge on any atom is -0.385 e. The predicted molar refractivity (Wildman–Crippen MR) is 96.7 cm³/mol. The highest BCUT2D eigenvalue weighted by Gasteiger charge is 2.20. The quantitative estimate of drug-likeness (QED) is 0.638. The molecule has 1 fully saturated rings. The standard InChI is InChI=1S/C18H27FN2O2S/c1-23-13-2-8-20-9-11-21(12-10-20)18(22)7-14-24-15-16-3-5-17(19)6-4-16/h3-6H,2,7-15H2,1H3. The molecule has 0 bridgehead atoms. The molecule has 0 unspecified atom stereocenters. The van der Waals surface area contributed by atoms with Crippen LogP contribution in [0, 0.1) is 5.82 Å². The van der Waals surface area contributed by atoms with Crippen molar-refractivity contribution in [1.82, 2.24) is 9.80 Å². The second-order valence-corrected chi connectivity index (χ2v) is 7.10. The van der Waals surface area contributed by atoms with Gasteiger partial charge in [0.05, 0.1) is 0 Å². The fourth-order valence-corrected chi connectivity index (χ4v) is 3.63. The molecule has 4 nitrogen and oxygen atoms in total. The summed E-state index contributed by atoms with van der Waals surface area (Å²) in [4.78, 5) is 16.6.